The summed E-state index contributed by atoms with van der Waals surface area (Å²) in [5.41, 5.74) is 1.45. The van der Waals surface area contributed by atoms with E-state index in [0.29, 0.717) is 6.04 Å². The van der Waals surface area contributed by atoms with Crippen LogP contribution in [0.25, 0.3) is 0 Å². The summed E-state index contributed by atoms with van der Waals surface area (Å²) in [6.45, 7) is 10.8. The van der Waals surface area contributed by atoms with Crippen LogP contribution < -0.4 is 0 Å². The van der Waals surface area contributed by atoms with Gasteiger partial charge in [0, 0.05) is 36.7 Å². The Kier molecular flexibility index (Phi) is 5.86. The highest BCUT2D eigenvalue weighted by molar-refractivity contribution is 9.10. The van der Waals surface area contributed by atoms with Crippen molar-refractivity contribution in [3.05, 3.63) is 34.3 Å². The molecule has 0 N–H and O–H groups in total. The maximum atomic E-state index is 3.48. The zero-order valence-corrected chi connectivity index (χ0v) is 13.7. The molecule has 0 unspecified atom stereocenters. The number of nitrogens with zero attached hydrogens (tertiary/aromatic N) is 2. The summed E-state index contributed by atoms with van der Waals surface area (Å²) in [5.74, 6) is 0. The van der Waals surface area contributed by atoms with E-state index in [9.17, 15) is 0 Å². The van der Waals surface area contributed by atoms with Gasteiger partial charge in [0.2, 0.25) is 0 Å². The summed E-state index contributed by atoms with van der Waals surface area (Å²) in [7, 11) is 0. The highest BCUT2D eigenvalue weighted by Gasteiger charge is 2.17. The number of hydrogen-bond donors (Lipinski definition) is 0. The summed E-state index contributed by atoms with van der Waals surface area (Å²) in [6, 6.07) is 9.42. The van der Waals surface area contributed by atoms with Gasteiger partial charge in [-0.05, 0) is 50.9 Å². The molecule has 1 aromatic carbocycles. The first-order valence-corrected chi connectivity index (χ1v) is 8.15. The molecular weight excluding hydrogens is 300 g/mol. The summed E-state index contributed by atoms with van der Waals surface area (Å²) in [6.07, 6.45) is 2.46. The molecule has 0 atom stereocenters. The molecule has 1 aliphatic rings. The van der Waals surface area contributed by atoms with Gasteiger partial charge in [-0.1, -0.05) is 28.1 Å². The van der Waals surface area contributed by atoms with Crippen LogP contribution in [0.3, 0.4) is 0 Å². The van der Waals surface area contributed by atoms with E-state index in [4.69, 9.17) is 0 Å². The van der Waals surface area contributed by atoms with E-state index in [1.807, 2.05) is 0 Å². The van der Waals surface area contributed by atoms with Gasteiger partial charge in [0.05, 0.1) is 0 Å². The summed E-state index contributed by atoms with van der Waals surface area (Å²) in [4.78, 5) is 5.18. The van der Waals surface area contributed by atoms with Crippen LogP contribution in [0.2, 0.25) is 0 Å². The van der Waals surface area contributed by atoms with Crippen LogP contribution in [0.4, 0.5) is 0 Å². The van der Waals surface area contributed by atoms with Crippen LogP contribution in [0, 0.1) is 0 Å². The van der Waals surface area contributed by atoms with Crippen LogP contribution in [0.5, 0.6) is 0 Å². The Hall–Kier alpha value is -0.380. The fourth-order valence-electron chi connectivity index (χ4n) is 2.66. The monoisotopic (exact) mass is 324 g/mol. The molecule has 3 heteroatoms. The lowest BCUT2D eigenvalue weighted by atomic mass is 10.1. The van der Waals surface area contributed by atoms with Crippen molar-refractivity contribution < 1.29 is 0 Å². The van der Waals surface area contributed by atoms with Crippen LogP contribution in [0.1, 0.15) is 25.8 Å². The van der Waals surface area contributed by atoms with Crippen LogP contribution >= 0.6 is 15.9 Å². The van der Waals surface area contributed by atoms with Gasteiger partial charge in [0.1, 0.15) is 0 Å². The van der Waals surface area contributed by atoms with Crippen molar-refractivity contribution in [1.82, 2.24) is 9.80 Å². The number of halogens is 1. The maximum Gasteiger partial charge on any atom is 0.0175 e. The lowest BCUT2D eigenvalue weighted by molar-refractivity contribution is 0.108. The van der Waals surface area contributed by atoms with Gasteiger partial charge in [0.15, 0.2) is 0 Å². The van der Waals surface area contributed by atoms with Crippen molar-refractivity contribution in [2.24, 2.45) is 0 Å². The van der Waals surface area contributed by atoms with Crippen LogP contribution in [-0.4, -0.2) is 48.6 Å². The standard InChI is InChI=1S/C16H25BrN2/c1-14(2)19-12-10-18(11-13-19)9-3-4-15-5-7-16(17)8-6-15/h5-8,14H,3-4,9-13H2,1-2H3. The quantitative estimate of drug-likeness (QED) is 0.819. The normalized spacial score (nSPS) is 18.1. The minimum atomic E-state index is 0.699. The topological polar surface area (TPSA) is 6.48 Å². The summed E-state index contributed by atoms with van der Waals surface area (Å²) < 4.78 is 1.17. The fraction of sp³-hybridized carbons (Fsp3) is 0.625. The van der Waals surface area contributed by atoms with E-state index < -0.39 is 0 Å². The van der Waals surface area contributed by atoms with Gasteiger partial charge in [-0.25, -0.2) is 0 Å². The zero-order chi connectivity index (χ0) is 13.7. The van der Waals surface area contributed by atoms with Crippen molar-refractivity contribution >= 4 is 15.9 Å². The van der Waals surface area contributed by atoms with Gasteiger partial charge in [-0.2, -0.15) is 0 Å². The van der Waals surface area contributed by atoms with E-state index in [1.54, 1.807) is 0 Å². The fourth-order valence-corrected chi connectivity index (χ4v) is 2.93. The Bertz CT molecular complexity index is 367. The molecule has 2 nitrogen and oxygen atoms in total. The molecule has 106 valence electrons. The first-order valence-electron chi connectivity index (χ1n) is 7.36. The molecule has 0 bridgehead atoms. The van der Waals surface area contributed by atoms with Gasteiger partial charge in [-0.15, -0.1) is 0 Å². The molecule has 0 aromatic heterocycles. The van der Waals surface area contributed by atoms with Crippen molar-refractivity contribution in [2.75, 3.05) is 32.7 Å². The second kappa shape index (κ2) is 7.41. The van der Waals surface area contributed by atoms with Crippen molar-refractivity contribution in [3.63, 3.8) is 0 Å². The van der Waals surface area contributed by atoms with Gasteiger partial charge < -0.3 is 4.90 Å². The van der Waals surface area contributed by atoms with Crippen molar-refractivity contribution in [3.8, 4) is 0 Å². The van der Waals surface area contributed by atoms with E-state index in [-0.39, 0.29) is 0 Å². The van der Waals surface area contributed by atoms with Crippen molar-refractivity contribution in [2.45, 2.75) is 32.7 Å². The SMILES string of the molecule is CC(C)N1CCN(CCCc2ccc(Br)cc2)CC1. The molecule has 1 heterocycles. The minimum absolute atomic E-state index is 0.699. The molecule has 0 radical (unpaired) electrons. The Morgan fingerprint density at radius 2 is 1.68 bits per heavy atom. The smallest absolute Gasteiger partial charge is 0.0175 e. The van der Waals surface area contributed by atoms with E-state index in [0.717, 1.165) is 0 Å². The number of hydrogen-bond acceptors (Lipinski definition) is 2. The average molecular weight is 325 g/mol. The Morgan fingerprint density at radius 1 is 1.05 bits per heavy atom. The van der Waals surface area contributed by atoms with Crippen LogP contribution in [-0.2, 0) is 6.42 Å². The number of aryl methyl sites for hydroxylation is 1. The van der Waals surface area contributed by atoms with Gasteiger partial charge in [-0.3, -0.25) is 4.90 Å². The third-order valence-corrected chi connectivity index (χ3v) is 4.52. The first kappa shape index (κ1) is 15.0. The summed E-state index contributed by atoms with van der Waals surface area (Å²) >= 11 is 3.48. The second-order valence-electron chi connectivity index (χ2n) is 5.70. The molecule has 1 saturated heterocycles. The zero-order valence-electron chi connectivity index (χ0n) is 12.1. The Labute approximate surface area is 125 Å². The van der Waals surface area contributed by atoms with Gasteiger partial charge in [0.25, 0.3) is 0 Å². The number of benzene rings is 1. The molecule has 1 fully saturated rings. The lowest BCUT2D eigenvalue weighted by Gasteiger charge is -2.36. The second-order valence-corrected chi connectivity index (χ2v) is 6.62. The Morgan fingerprint density at radius 3 is 2.26 bits per heavy atom. The molecule has 1 aromatic rings. The highest BCUT2D eigenvalue weighted by Crippen LogP contribution is 2.12. The van der Waals surface area contributed by atoms with E-state index in [2.05, 4.69) is 63.8 Å². The largest absolute Gasteiger partial charge is 0.301 e. The highest BCUT2D eigenvalue weighted by atomic mass is 79.9. The molecule has 2 rings (SSSR count). The maximum absolute atomic E-state index is 3.48. The van der Waals surface area contributed by atoms with Crippen molar-refractivity contribution in [1.29, 1.82) is 0 Å². The Balaban J connectivity index is 1.65. The van der Waals surface area contributed by atoms with E-state index >= 15 is 0 Å². The van der Waals surface area contributed by atoms with Gasteiger partial charge >= 0.3 is 0 Å². The molecule has 0 saturated carbocycles. The molecule has 19 heavy (non-hydrogen) atoms. The third kappa shape index (κ3) is 4.90. The third-order valence-electron chi connectivity index (χ3n) is 3.99. The lowest BCUT2D eigenvalue weighted by Crippen LogP contribution is -2.48. The molecular formula is C16H25BrN2. The number of piperazine rings is 1. The predicted molar refractivity (Wildman–Crippen MR) is 85.6 cm³/mol. The molecule has 0 spiro atoms. The molecule has 1 aliphatic heterocycles. The minimum Gasteiger partial charge on any atom is -0.301 e. The number of rotatable bonds is 5. The van der Waals surface area contributed by atoms with Crippen LogP contribution in [0.15, 0.2) is 28.7 Å². The molecule has 0 aliphatic carbocycles. The van der Waals surface area contributed by atoms with E-state index in [1.165, 1.54) is 55.6 Å². The molecule has 0 amide bonds. The first-order chi connectivity index (χ1) is 9.15. The summed E-state index contributed by atoms with van der Waals surface area (Å²) in [5, 5.41) is 0. The average Bonchev–Trinajstić information content (AvgIpc) is 2.41. The predicted octanol–water partition coefficient (Wildman–Crippen LogP) is 3.41.